The molecule has 1 saturated carbocycles. The zero-order valence-electron chi connectivity index (χ0n) is 10.2. The van der Waals surface area contributed by atoms with Crippen molar-refractivity contribution in [3.8, 4) is 0 Å². The van der Waals surface area contributed by atoms with Gasteiger partial charge in [0.25, 0.3) is 0 Å². The number of nitrogens with zero attached hydrogens (tertiary/aromatic N) is 2. The van der Waals surface area contributed by atoms with E-state index in [2.05, 4.69) is 28.4 Å². The number of fused-ring (bicyclic) bond motifs is 1. The lowest BCUT2D eigenvalue weighted by atomic mass is 9.80. The molecule has 4 heteroatoms. The monoisotopic (exact) mass is 247 g/mol. The highest BCUT2D eigenvalue weighted by atomic mass is 32.1. The third-order valence-electron chi connectivity index (χ3n) is 4.06. The maximum absolute atomic E-state index is 5.45. The molecule has 2 heterocycles. The van der Waals surface area contributed by atoms with Crippen molar-refractivity contribution in [2.45, 2.75) is 39.2 Å². The largest absolute Gasteiger partial charge is 0.329 e. The first kappa shape index (κ1) is 11.0. The van der Waals surface area contributed by atoms with Crippen LogP contribution in [-0.2, 0) is 0 Å². The molecule has 1 aliphatic carbocycles. The van der Waals surface area contributed by atoms with Crippen LogP contribution in [0, 0.1) is 17.6 Å². The SMILES string of the molecule is Cc1ccnc2c1[nH]c(=S)n2C(C)C1CCC1. The van der Waals surface area contributed by atoms with Crippen LogP contribution in [0.4, 0.5) is 0 Å². The molecule has 0 radical (unpaired) electrons. The Bertz CT molecular complexity index is 607. The van der Waals surface area contributed by atoms with Crippen LogP contribution in [-0.4, -0.2) is 14.5 Å². The maximum atomic E-state index is 5.45. The van der Waals surface area contributed by atoms with Crippen molar-refractivity contribution in [2.75, 3.05) is 0 Å². The van der Waals surface area contributed by atoms with E-state index in [1.54, 1.807) is 0 Å². The lowest BCUT2D eigenvalue weighted by molar-refractivity contribution is 0.224. The fraction of sp³-hybridized carbons (Fsp3) is 0.538. The standard InChI is InChI=1S/C13H17N3S/c1-8-6-7-14-12-11(8)15-13(17)16(12)9(2)10-4-3-5-10/h6-7,9-10H,3-5H2,1-2H3,(H,15,17). The molecule has 90 valence electrons. The van der Waals surface area contributed by atoms with E-state index in [0.717, 1.165) is 21.9 Å². The summed E-state index contributed by atoms with van der Waals surface area (Å²) in [7, 11) is 0. The smallest absolute Gasteiger partial charge is 0.179 e. The average molecular weight is 247 g/mol. The molecule has 1 fully saturated rings. The molecule has 0 saturated heterocycles. The van der Waals surface area contributed by atoms with Crippen molar-refractivity contribution in [3.63, 3.8) is 0 Å². The summed E-state index contributed by atoms with van der Waals surface area (Å²) in [5, 5.41) is 0. The molecule has 1 unspecified atom stereocenters. The number of H-pyrrole nitrogens is 1. The van der Waals surface area contributed by atoms with Gasteiger partial charge in [0.05, 0.1) is 5.52 Å². The first-order valence-electron chi connectivity index (χ1n) is 6.24. The fourth-order valence-electron chi connectivity index (χ4n) is 2.66. The van der Waals surface area contributed by atoms with E-state index in [0.29, 0.717) is 6.04 Å². The summed E-state index contributed by atoms with van der Waals surface area (Å²) in [6.07, 6.45) is 5.87. The number of nitrogens with one attached hydrogen (secondary N) is 1. The minimum Gasteiger partial charge on any atom is -0.329 e. The Kier molecular flexibility index (Phi) is 2.54. The number of aryl methyl sites for hydroxylation is 1. The van der Waals surface area contributed by atoms with E-state index < -0.39 is 0 Å². The first-order valence-corrected chi connectivity index (χ1v) is 6.65. The van der Waals surface area contributed by atoms with Crippen LogP contribution < -0.4 is 0 Å². The molecule has 0 aliphatic heterocycles. The second kappa shape index (κ2) is 3.95. The molecule has 3 nitrogen and oxygen atoms in total. The molecule has 0 amide bonds. The Morgan fingerprint density at radius 3 is 2.94 bits per heavy atom. The molecule has 1 atom stereocenters. The fourth-order valence-corrected chi connectivity index (χ4v) is 3.01. The molecular formula is C13H17N3S. The van der Waals surface area contributed by atoms with Crippen molar-refractivity contribution in [2.24, 2.45) is 5.92 Å². The van der Waals surface area contributed by atoms with E-state index in [9.17, 15) is 0 Å². The second-order valence-electron chi connectivity index (χ2n) is 5.06. The highest BCUT2D eigenvalue weighted by molar-refractivity contribution is 7.71. The predicted octanol–water partition coefficient (Wildman–Crippen LogP) is 3.76. The van der Waals surface area contributed by atoms with Crippen molar-refractivity contribution in [1.82, 2.24) is 14.5 Å². The predicted molar refractivity (Wildman–Crippen MR) is 71.7 cm³/mol. The Labute approximate surface area is 106 Å². The van der Waals surface area contributed by atoms with E-state index in [-0.39, 0.29) is 0 Å². The topological polar surface area (TPSA) is 33.6 Å². The van der Waals surface area contributed by atoms with Gasteiger partial charge in [0.1, 0.15) is 0 Å². The van der Waals surface area contributed by atoms with Crippen LogP contribution in [0.25, 0.3) is 11.2 Å². The zero-order valence-corrected chi connectivity index (χ0v) is 11.0. The average Bonchev–Trinajstić information content (AvgIpc) is 2.53. The summed E-state index contributed by atoms with van der Waals surface area (Å²) in [5.74, 6) is 0.767. The Morgan fingerprint density at radius 2 is 2.29 bits per heavy atom. The number of hydrogen-bond acceptors (Lipinski definition) is 2. The van der Waals surface area contributed by atoms with Crippen molar-refractivity contribution >= 4 is 23.4 Å². The Balaban J connectivity index is 2.18. The van der Waals surface area contributed by atoms with Crippen LogP contribution in [0.3, 0.4) is 0 Å². The van der Waals surface area contributed by atoms with E-state index in [1.165, 1.54) is 24.8 Å². The summed E-state index contributed by atoms with van der Waals surface area (Å²) in [5.41, 5.74) is 3.30. The summed E-state index contributed by atoms with van der Waals surface area (Å²) < 4.78 is 3.00. The first-order chi connectivity index (χ1) is 8.18. The molecule has 2 aromatic heterocycles. The van der Waals surface area contributed by atoms with Gasteiger partial charge in [-0.05, 0) is 56.5 Å². The van der Waals surface area contributed by atoms with E-state index in [1.807, 2.05) is 12.3 Å². The summed E-state index contributed by atoms with van der Waals surface area (Å²) >= 11 is 5.45. The van der Waals surface area contributed by atoms with Crippen LogP contribution in [0.2, 0.25) is 0 Å². The lowest BCUT2D eigenvalue weighted by Gasteiger charge is -2.32. The molecule has 17 heavy (non-hydrogen) atoms. The highest BCUT2D eigenvalue weighted by Gasteiger charge is 2.27. The van der Waals surface area contributed by atoms with Gasteiger partial charge >= 0.3 is 0 Å². The van der Waals surface area contributed by atoms with Gasteiger partial charge in [0.15, 0.2) is 10.4 Å². The number of imidazole rings is 1. The molecule has 3 rings (SSSR count). The third kappa shape index (κ3) is 1.62. The van der Waals surface area contributed by atoms with Crippen LogP contribution in [0.5, 0.6) is 0 Å². The van der Waals surface area contributed by atoms with E-state index in [4.69, 9.17) is 12.2 Å². The molecule has 0 bridgehead atoms. The van der Waals surface area contributed by atoms with Gasteiger partial charge in [-0.2, -0.15) is 0 Å². The summed E-state index contributed by atoms with van der Waals surface area (Å²) in [6, 6.07) is 2.48. The van der Waals surface area contributed by atoms with Crippen molar-refractivity contribution in [1.29, 1.82) is 0 Å². The van der Waals surface area contributed by atoms with Gasteiger partial charge in [0.2, 0.25) is 0 Å². The van der Waals surface area contributed by atoms with Crippen LogP contribution >= 0.6 is 12.2 Å². The highest BCUT2D eigenvalue weighted by Crippen LogP contribution is 2.37. The maximum Gasteiger partial charge on any atom is 0.179 e. The molecule has 1 aliphatic rings. The van der Waals surface area contributed by atoms with Crippen LogP contribution in [0.1, 0.15) is 37.8 Å². The molecular weight excluding hydrogens is 230 g/mol. The van der Waals surface area contributed by atoms with Crippen LogP contribution in [0.15, 0.2) is 12.3 Å². The Hall–Kier alpha value is -1.16. The Morgan fingerprint density at radius 1 is 1.53 bits per heavy atom. The van der Waals surface area contributed by atoms with Gasteiger partial charge in [-0.15, -0.1) is 0 Å². The number of rotatable bonds is 2. The molecule has 0 spiro atoms. The molecule has 1 N–H and O–H groups in total. The zero-order chi connectivity index (χ0) is 12.0. The minimum absolute atomic E-state index is 0.458. The van der Waals surface area contributed by atoms with Crippen molar-refractivity contribution in [3.05, 3.63) is 22.6 Å². The number of aromatic amines is 1. The quantitative estimate of drug-likeness (QED) is 0.820. The normalized spacial score (nSPS) is 18.2. The third-order valence-corrected chi connectivity index (χ3v) is 4.36. The van der Waals surface area contributed by atoms with Gasteiger partial charge in [-0.25, -0.2) is 4.98 Å². The minimum atomic E-state index is 0.458. The number of hydrogen-bond donors (Lipinski definition) is 1. The number of pyridine rings is 1. The summed E-state index contributed by atoms with van der Waals surface area (Å²) in [4.78, 5) is 7.78. The van der Waals surface area contributed by atoms with Gasteiger partial charge in [0, 0.05) is 12.2 Å². The molecule has 2 aromatic rings. The second-order valence-corrected chi connectivity index (χ2v) is 5.44. The molecule has 0 aromatic carbocycles. The lowest BCUT2D eigenvalue weighted by Crippen LogP contribution is -2.23. The van der Waals surface area contributed by atoms with Crippen molar-refractivity contribution < 1.29 is 0 Å². The van der Waals surface area contributed by atoms with Gasteiger partial charge in [-0.3, -0.25) is 4.57 Å². The summed E-state index contributed by atoms with van der Waals surface area (Å²) in [6.45, 7) is 4.35. The number of aromatic nitrogens is 3. The van der Waals surface area contributed by atoms with E-state index >= 15 is 0 Å². The van der Waals surface area contributed by atoms with Gasteiger partial charge < -0.3 is 4.98 Å². The van der Waals surface area contributed by atoms with Gasteiger partial charge in [-0.1, -0.05) is 6.42 Å².